The molecule has 0 radical (unpaired) electrons. The Kier molecular flexibility index (Phi) is 3.72. The second-order valence-electron chi connectivity index (χ2n) is 4.03. The Labute approximate surface area is 109 Å². The molecule has 2 rings (SSSR count). The first kappa shape index (κ1) is 12.7. The molecular formula is C13H13FN2OS. The summed E-state index contributed by atoms with van der Waals surface area (Å²) in [5.41, 5.74) is 1.87. The highest BCUT2D eigenvalue weighted by Gasteiger charge is 2.08. The van der Waals surface area contributed by atoms with E-state index in [9.17, 15) is 9.18 Å². The van der Waals surface area contributed by atoms with Gasteiger partial charge in [0.25, 0.3) is 5.91 Å². The highest BCUT2D eigenvalue weighted by Crippen LogP contribution is 2.11. The van der Waals surface area contributed by atoms with Gasteiger partial charge in [-0.3, -0.25) is 4.79 Å². The molecule has 1 aromatic heterocycles. The third-order valence-electron chi connectivity index (χ3n) is 2.49. The summed E-state index contributed by atoms with van der Waals surface area (Å²) in [5.74, 6) is -0.520. The topological polar surface area (TPSA) is 42.0 Å². The van der Waals surface area contributed by atoms with E-state index in [4.69, 9.17) is 0 Å². The van der Waals surface area contributed by atoms with Gasteiger partial charge in [-0.25, -0.2) is 9.37 Å². The maximum absolute atomic E-state index is 13.1. The number of benzene rings is 1. The number of carbonyl (C=O) groups is 1. The monoisotopic (exact) mass is 264 g/mol. The normalized spacial score (nSPS) is 10.4. The zero-order valence-corrected chi connectivity index (χ0v) is 11.0. The lowest BCUT2D eigenvalue weighted by Gasteiger charge is -2.04. The summed E-state index contributed by atoms with van der Waals surface area (Å²) in [6.07, 6.45) is 0. The smallest absolute Gasteiger partial charge is 0.251 e. The molecule has 0 spiro atoms. The molecule has 0 aliphatic heterocycles. The summed E-state index contributed by atoms with van der Waals surface area (Å²) in [7, 11) is 0. The van der Waals surface area contributed by atoms with Gasteiger partial charge in [0.05, 0.1) is 6.54 Å². The number of amides is 1. The number of aromatic nitrogens is 1. The molecule has 0 aliphatic rings. The average molecular weight is 264 g/mol. The van der Waals surface area contributed by atoms with Gasteiger partial charge in [-0.15, -0.1) is 11.3 Å². The second kappa shape index (κ2) is 5.27. The highest BCUT2D eigenvalue weighted by molar-refractivity contribution is 7.09. The van der Waals surface area contributed by atoms with Crippen LogP contribution >= 0.6 is 11.3 Å². The Hall–Kier alpha value is -1.75. The Balaban J connectivity index is 2.01. The highest BCUT2D eigenvalue weighted by atomic mass is 32.1. The van der Waals surface area contributed by atoms with Crippen molar-refractivity contribution >= 4 is 17.2 Å². The van der Waals surface area contributed by atoms with Gasteiger partial charge in [-0.2, -0.15) is 0 Å². The molecule has 5 heteroatoms. The maximum Gasteiger partial charge on any atom is 0.251 e. The number of hydrogen-bond donors (Lipinski definition) is 1. The molecule has 0 bridgehead atoms. The van der Waals surface area contributed by atoms with E-state index >= 15 is 0 Å². The van der Waals surface area contributed by atoms with Crippen LogP contribution in [0.15, 0.2) is 23.6 Å². The minimum atomic E-state index is -0.304. The van der Waals surface area contributed by atoms with Gasteiger partial charge in [0.15, 0.2) is 0 Å². The van der Waals surface area contributed by atoms with Crippen LogP contribution < -0.4 is 5.32 Å². The van der Waals surface area contributed by atoms with Gasteiger partial charge in [0, 0.05) is 16.6 Å². The molecule has 0 unspecified atom stereocenters. The van der Waals surface area contributed by atoms with E-state index < -0.39 is 0 Å². The lowest BCUT2D eigenvalue weighted by molar-refractivity contribution is 0.0950. The molecule has 0 aliphatic carbocycles. The molecule has 0 saturated carbocycles. The van der Waals surface area contributed by atoms with Gasteiger partial charge in [-0.05, 0) is 37.6 Å². The molecular weight excluding hydrogens is 251 g/mol. The second-order valence-corrected chi connectivity index (χ2v) is 4.97. The maximum atomic E-state index is 13.1. The largest absolute Gasteiger partial charge is 0.346 e. The van der Waals surface area contributed by atoms with Gasteiger partial charge in [0.1, 0.15) is 10.8 Å². The van der Waals surface area contributed by atoms with Crippen molar-refractivity contribution in [3.05, 3.63) is 51.2 Å². The molecule has 1 N–H and O–H groups in total. The Morgan fingerprint density at radius 2 is 2.22 bits per heavy atom. The van der Waals surface area contributed by atoms with Crippen molar-refractivity contribution in [2.24, 2.45) is 0 Å². The summed E-state index contributed by atoms with van der Waals surface area (Å²) in [4.78, 5) is 16.1. The Morgan fingerprint density at radius 1 is 1.44 bits per heavy atom. The van der Waals surface area contributed by atoms with Crippen LogP contribution in [0.4, 0.5) is 4.39 Å². The summed E-state index contributed by atoms with van der Waals surface area (Å²) in [6.45, 7) is 3.94. The molecule has 0 saturated heterocycles. The SMILES string of the molecule is Cc1csc(CNC(=O)c2ccc(F)c(C)c2)n1. The van der Waals surface area contributed by atoms with Crippen LogP contribution in [0, 0.1) is 19.7 Å². The summed E-state index contributed by atoms with van der Waals surface area (Å²) < 4.78 is 13.1. The summed E-state index contributed by atoms with van der Waals surface area (Å²) in [5, 5.41) is 5.56. The van der Waals surface area contributed by atoms with Crippen molar-refractivity contribution in [1.29, 1.82) is 0 Å². The molecule has 18 heavy (non-hydrogen) atoms. The predicted molar refractivity (Wildman–Crippen MR) is 69.2 cm³/mol. The fraction of sp³-hybridized carbons (Fsp3) is 0.231. The van der Waals surface area contributed by atoms with Crippen LogP contribution in [0.3, 0.4) is 0 Å². The molecule has 1 amide bonds. The Bertz CT molecular complexity index is 580. The van der Waals surface area contributed by atoms with E-state index in [-0.39, 0.29) is 11.7 Å². The molecule has 1 heterocycles. The first-order valence-corrected chi connectivity index (χ1v) is 6.39. The average Bonchev–Trinajstić information content (AvgIpc) is 2.75. The van der Waals surface area contributed by atoms with Crippen molar-refractivity contribution in [3.8, 4) is 0 Å². The molecule has 2 aromatic rings. The molecule has 94 valence electrons. The van der Waals surface area contributed by atoms with E-state index in [0.717, 1.165) is 10.7 Å². The van der Waals surface area contributed by atoms with E-state index in [1.807, 2.05) is 12.3 Å². The van der Waals surface area contributed by atoms with E-state index in [1.54, 1.807) is 6.92 Å². The number of hydrogen-bond acceptors (Lipinski definition) is 3. The molecule has 3 nitrogen and oxygen atoms in total. The quantitative estimate of drug-likeness (QED) is 0.926. The van der Waals surface area contributed by atoms with Gasteiger partial charge in [-0.1, -0.05) is 0 Å². The predicted octanol–water partition coefficient (Wildman–Crippen LogP) is 2.83. The van der Waals surface area contributed by atoms with Gasteiger partial charge in [0.2, 0.25) is 0 Å². The van der Waals surface area contributed by atoms with Gasteiger partial charge >= 0.3 is 0 Å². The van der Waals surface area contributed by atoms with E-state index in [0.29, 0.717) is 17.7 Å². The number of aryl methyl sites for hydroxylation is 2. The van der Waals surface area contributed by atoms with Crippen LogP contribution in [-0.2, 0) is 6.54 Å². The number of halogens is 1. The standard InChI is InChI=1S/C13H13FN2OS/c1-8-5-10(3-4-11(8)14)13(17)15-6-12-16-9(2)7-18-12/h3-5,7H,6H2,1-2H3,(H,15,17). The van der Waals surface area contributed by atoms with Crippen molar-refractivity contribution in [1.82, 2.24) is 10.3 Å². The van der Waals surface area contributed by atoms with Crippen molar-refractivity contribution < 1.29 is 9.18 Å². The Morgan fingerprint density at radius 3 is 2.83 bits per heavy atom. The number of carbonyl (C=O) groups excluding carboxylic acids is 1. The third-order valence-corrected chi connectivity index (χ3v) is 3.45. The molecule has 0 fully saturated rings. The fourth-order valence-electron chi connectivity index (χ4n) is 1.53. The first-order chi connectivity index (χ1) is 8.56. The zero-order valence-electron chi connectivity index (χ0n) is 10.2. The fourth-order valence-corrected chi connectivity index (χ4v) is 2.24. The number of nitrogens with zero attached hydrogens (tertiary/aromatic N) is 1. The van der Waals surface area contributed by atoms with Crippen molar-refractivity contribution in [3.63, 3.8) is 0 Å². The third kappa shape index (κ3) is 2.92. The van der Waals surface area contributed by atoms with Crippen LogP contribution in [-0.4, -0.2) is 10.9 Å². The number of nitrogens with one attached hydrogen (secondary N) is 1. The lowest BCUT2D eigenvalue weighted by atomic mass is 10.1. The zero-order chi connectivity index (χ0) is 13.1. The van der Waals surface area contributed by atoms with Crippen LogP contribution in [0.25, 0.3) is 0 Å². The van der Waals surface area contributed by atoms with E-state index in [2.05, 4.69) is 10.3 Å². The summed E-state index contributed by atoms with van der Waals surface area (Å²) in [6, 6.07) is 4.32. The molecule has 1 aromatic carbocycles. The van der Waals surface area contributed by atoms with Crippen molar-refractivity contribution in [2.75, 3.05) is 0 Å². The summed E-state index contributed by atoms with van der Waals surface area (Å²) >= 11 is 1.51. The minimum absolute atomic E-state index is 0.217. The van der Waals surface area contributed by atoms with Crippen LogP contribution in [0.2, 0.25) is 0 Å². The van der Waals surface area contributed by atoms with Crippen molar-refractivity contribution in [2.45, 2.75) is 20.4 Å². The number of thiazole rings is 1. The van der Waals surface area contributed by atoms with Crippen LogP contribution in [0.1, 0.15) is 26.6 Å². The lowest BCUT2D eigenvalue weighted by Crippen LogP contribution is -2.22. The van der Waals surface area contributed by atoms with Gasteiger partial charge < -0.3 is 5.32 Å². The van der Waals surface area contributed by atoms with E-state index in [1.165, 1.54) is 29.5 Å². The molecule has 0 atom stereocenters. The first-order valence-electron chi connectivity index (χ1n) is 5.51. The van der Waals surface area contributed by atoms with Crippen LogP contribution in [0.5, 0.6) is 0 Å². The minimum Gasteiger partial charge on any atom is -0.346 e. The number of rotatable bonds is 3.